The molecule has 5 nitrogen and oxygen atoms in total. The van der Waals surface area contributed by atoms with E-state index < -0.39 is 4.92 Å². The summed E-state index contributed by atoms with van der Waals surface area (Å²) in [5, 5.41) is 15.5. The minimum Gasteiger partial charge on any atom is -0.358 e. The minimum atomic E-state index is -0.561. The highest BCUT2D eigenvalue weighted by atomic mass is 79.9. The van der Waals surface area contributed by atoms with Gasteiger partial charge in [0.1, 0.15) is 4.47 Å². The first kappa shape index (κ1) is 13.3. The van der Waals surface area contributed by atoms with E-state index in [-0.39, 0.29) is 12.4 Å². The highest BCUT2D eigenvalue weighted by Crippen LogP contribution is 2.27. The topological polar surface area (TPSA) is 61.0 Å². The molecule has 0 saturated heterocycles. The average Bonchev–Trinajstić information content (AvgIpc) is 2.65. The zero-order valence-corrected chi connectivity index (χ0v) is 11.9. The van der Waals surface area contributed by atoms with Crippen molar-refractivity contribution in [1.82, 2.24) is 9.78 Å². The standard InChI is InChI=1S/C10H6BrCl2N3O2/c11-7-5-15(14-10(7)16(17)18)4-6-8(12)2-1-3-9(6)13/h1-3,5H,4H2. The summed E-state index contributed by atoms with van der Waals surface area (Å²) in [7, 11) is 0. The maximum atomic E-state index is 10.7. The van der Waals surface area contributed by atoms with Crippen LogP contribution in [0.3, 0.4) is 0 Å². The molecule has 2 aromatic rings. The molecular weight excluding hydrogens is 345 g/mol. The molecule has 0 N–H and O–H groups in total. The van der Waals surface area contributed by atoms with E-state index >= 15 is 0 Å². The molecule has 2 rings (SSSR count). The third-order valence-corrected chi connectivity index (χ3v) is 3.52. The van der Waals surface area contributed by atoms with Gasteiger partial charge in [0.15, 0.2) is 0 Å². The van der Waals surface area contributed by atoms with Crippen LogP contribution in [0.15, 0.2) is 28.9 Å². The molecule has 94 valence electrons. The van der Waals surface area contributed by atoms with Gasteiger partial charge in [-0.1, -0.05) is 29.3 Å². The van der Waals surface area contributed by atoms with Crippen molar-refractivity contribution in [2.75, 3.05) is 0 Å². The van der Waals surface area contributed by atoms with Crippen molar-refractivity contribution in [2.45, 2.75) is 6.54 Å². The Hall–Kier alpha value is -1.11. The van der Waals surface area contributed by atoms with E-state index in [0.29, 0.717) is 20.1 Å². The number of hydrogen-bond acceptors (Lipinski definition) is 3. The maximum absolute atomic E-state index is 10.7. The van der Waals surface area contributed by atoms with E-state index in [2.05, 4.69) is 21.0 Å². The lowest BCUT2D eigenvalue weighted by atomic mass is 10.2. The fourth-order valence-electron chi connectivity index (χ4n) is 1.44. The Balaban J connectivity index is 2.35. The first-order chi connectivity index (χ1) is 8.49. The Kier molecular flexibility index (Phi) is 3.89. The predicted molar refractivity (Wildman–Crippen MR) is 72.1 cm³/mol. The van der Waals surface area contributed by atoms with Crippen molar-refractivity contribution in [1.29, 1.82) is 0 Å². The third-order valence-electron chi connectivity index (χ3n) is 2.25. The minimum absolute atomic E-state index is 0.238. The van der Waals surface area contributed by atoms with Crippen LogP contribution in [0, 0.1) is 10.1 Å². The van der Waals surface area contributed by atoms with Crippen LogP contribution in [0.2, 0.25) is 10.0 Å². The molecule has 0 amide bonds. The highest BCUT2D eigenvalue weighted by Gasteiger charge is 2.19. The molecule has 0 spiro atoms. The van der Waals surface area contributed by atoms with Crippen molar-refractivity contribution >= 4 is 44.9 Å². The lowest BCUT2D eigenvalue weighted by Gasteiger charge is -2.04. The van der Waals surface area contributed by atoms with Crippen LogP contribution in [0.25, 0.3) is 0 Å². The molecule has 0 radical (unpaired) electrons. The van der Waals surface area contributed by atoms with Crippen LogP contribution < -0.4 is 0 Å². The van der Waals surface area contributed by atoms with Gasteiger partial charge in [0.2, 0.25) is 0 Å². The molecule has 0 fully saturated rings. The maximum Gasteiger partial charge on any atom is 0.404 e. The van der Waals surface area contributed by atoms with Gasteiger partial charge in [0.25, 0.3) is 0 Å². The van der Waals surface area contributed by atoms with Gasteiger partial charge in [-0.05, 0) is 33.0 Å². The average molecular weight is 351 g/mol. The third kappa shape index (κ3) is 2.66. The predicted octanol–water partition coefficient (Wildman–Crippen LogP) is 3.91. The second-order valence-electron chi connectivity index (χ2n) is 3.46. The van der Waals surface area contributed by atoms with Gasteiger partial charge in [-0.2, -0.15) is 4.68 Å². The zero-order chi connectivity index (χ0) is 13.3. The van der Waals surface area contributed by atoms with E-state index in [9.17, 15) is 10.1 Å². The normalized spacial score (nSPS) is 10.6. The number of halogens is 3. The number of nitrogens with zero attached hydrogens (tertiary/aromatic N) is 3. The largest absolute Gasteiger partial charge is 0.404 e. The Morgan fingerprint density at radius 1 is 1.39 bits per heavy atom. The second-order valence-corrected chi connectivity index (χ2v) is 5.12. The number of benzene rings is 1. The van der Waals surface area contributed by atoms with Gasteiger partial charge in [0.05, 0.1) is 17.8 Å². The van der Waals surface area contributed by atoms with Crippen LogP contribution >= 0.6 is 39.1 Å². The second kappa shape index (κ2) is 5.26. The van der Waals surface area contributed by atoms with Crippen LogP contribution in [-0.2, 0) is 6.54 Å². The Morgan fingerprint density at radius 3 is 2.50 bits per heavy atom. The number of nitro groups is 1. The molecule has 1 aromatic heterocycles. The number of rotatable bonds is 3. The molecule has 1 aromatic carbocycles. The van der Waals surface area contributed by atoms with E-state index in [1.54, 1.807) is 18.2 Å². The van der Waals surface area contributed by atoms with Crippen molar-refractivity contribution in [3.63, 3.8) is 0 Å². The SMILES string of the molecule is O=[N+]([O-])c1nn(Cc2c(Cl)cccc2Cl)cc1Br. The highest BCUT2D eigenvalue weighted by molar-refractivity contribution is 9.10. The van der Waals surface area contributed by atoms with Crippen LogP contribution in [0.5, 0.6) is 0 Å². The van der Waals surface area contributed by atoms with E-state index in [1.165, 1.54) is 10.9 Å². The molecule has 0 unspecified atom stereocenters. The van der Waals surface area contributed by atoms with Crippen molar-refractivity contribution in [3.8, 4) is 0 Å². The van der Waals surface area contributed by atoms with Gasteiger partial charge in [-0.15, -0.1) is 0 Å². The Bertz CT molecular complexity index is 595. The number of aromatic nitrogens is 2. The van der Waals surface area contributed by atoms with Gasteiger partial charge >= 0.3 is 5.82 Å². The summed E-state index contributed by atoms with van der Waals surface area (Å²) < 4.78 is 1.73. The van der Waals surface area contributed by atoms with Crippen LogP contribution in [0.4, 0.5) is 5.82 Å². The van der Waals surface area contributed by atoms with Crippen molar-refractivity contribution in [2.24, 2.45) is 0 Å². The molecule has 18 heavy (non-hydrogen) atoms. The molecule has 0 atom stereocenters. The van der Waals surface area contributed by atoms with Crippen LogP contribution in [-0.4, -0.2) is 14.7 Å². The summed E-state index contributed by atoms with van der Waals surface area (Å²) >= 11 is 15.1. The van der Waals surface area contributed by atoms with E-state index in [1.807, 2.05) is 0 Å². The summed E-state index contributed by atoms with van der Waals surface area (Å²) in [5.41, 5.74) is 0.672. The first-order valence-electron chi connectivity index (χ1n) is 4.79. The molecule has 1 heterocycles. The Labute approximate surface area is 121 Å². The fourth-order valence-corrected chi connectivity index (χ4v) is 2.41. The van der Waals surface area contributed by atoms with Gasteiger partial charge < -0.3 is 10.1 Å². The molecule has 0 bridgehead atoms. The first-order valence-corrected chi connectivity index (χ1v) is 6.34. The molecule has 8 heteroatoms. The smallest absolute Gasteiger partial charge is 0.358 e. The van der Waals surface area contributed by atoms with Crippen molar-refractivity contribution < 1.29 is 4.92 Å². The monoisotopic (exact) mass is 349 g/mol. The van der Waals surface area contributed by atoms with E-state index in [0.717, 1.165) is 0 Å². The summed E-state index contributed by atoms with van der Waals surface area (Å²) in [5.74, 6) is -0.238. The molecule has 0 aliphatic heterocycles. The fraction of sp³-hybridized carbons (Fsp3) is 0.100. The summed E-state index contributed by atoms with van der Waals surface area (Å²) in [6.45, 7) is 0.269. The van der Waals surface area contributed by atoms with E-state index in [4.69, 9.17) is 23.2 Å². The summed E-state index contributed by atoms with van der Waals surface area (Å²) in [6.07, 6.45) is 1.51. The molecule has 0 aliphatic carbocycles. The van der Waals surface area contributed by atoms with Crippen molar-refractivity contribution in [3.05, 3.63) is 54.6 Å². The lowest BCUT2D eigenvalue weighted by molar-refractivity contribution is -0.390. The van der Waals surface area contributed by atoms with Gasteiger partial charge in [0, 0.05) is 15.6 Å². The lowest BCUT2D eigenvalue weighted by Crippen LogP contribution is -2.02. The molecule has 0 aliphatic rings. The molecular formula is C10H6BrCl2N3O2. The summed E-state index contributed by atoms with van der Waals surface area (Å²) in [4.78, 5) is 10.1. The summed E-state index contributed by atoms with van der Waals surface area (Å²) in [6, 6.07) is 5.14. The molecule has 0 saturated carbocycles. The zero-order valence-electron chi connectivity index (χ0n) is 8.81. The van der Waals surface area contributed by atoms with Crippen LogP contribution in [0.1, 0.15) is 5.56 Å². The quantitative estimate of drug-likeness (QED) is 0.622. The van der Waals surface area contributed by atoms with Gasteiger partial charge in [-0.25, -0.2) is 0 Å². The van der Waals surface area contributed by atoms with Gasteiger partial charge in [-0.3, -0.25) is 0 Å². The Morgan fingerprint density at radius 2 is 2.00 bits per heavy atom. The number of hydrogen-bond donors (Lipinski definition) is 0.